The molecule has 0 N–H and O–H groups in total. The molecule has 1 aromatic heterocycles. The number of hydrogen-bond donors (Lipinski definition) is 0. The summed E-state index contributed by atoms with van der Waals surface area (Å²) in [6.45, 7) is 5.49. The van der Waals surface area contributed by atoms with Gasteiger partial charge < -0.3 is 9.80 Å². The van der Waals surface area contributed by atoms with Gasteiger partial charge in [0.15, 0.2) is 0 Å². The summed E-state index contributed by atoms with van der Waals surface area (Å²) in [5.41, 5.74) is 1.51. The van der Waals surface area contributed by atoms with Crippen LogP contribution in [-0.2, 0) is 22.7 Å². The van der Waals surface area contributed by atoms with E-state index in [-0.39, 0.29) is 30.0 Å². The predicted octanol–water partition coefficient (Wildman–Crippen LogP) is 1.68. The Morgan fingerprint density at radius 1 is 0.929 bits per heavy atom. The molecule has 1 aromatic carbocycles. The van der Waals surface area contributed by atoms with E-state index in [1.807, 2.05) is 36.1 Å². The van der Waals surface area contributed by atoms with E-state index in [2.05, 4.69) is 0 Å². The van der Waals surface area contributed by atoms with Gasteiger partial charge in [-0.25, -0.2) is 4.79 Å². The molecule has 150 valence electrons. The first kappa shape index (κ1) is 18.8. The lowest BCUT2D eigenvalue weighted by Gasteiger charge is -2.33. The van der Waals surface area contributed by atoms with Crippen molar-refractivity contribution in [3.05, 3.63) is 34.7 Å². The lowest BCUT2D eigenvalue weighted by molar-refractivity contribution is -0.140. The van der Waals surface area contributed by atoms with E-state index >= 15 is 0 Å². The van der Waals surface area contributed by atoms with Gasteiger partial charge in [-0.15, -0.1) is 0 Å². The Balaban J connectivity index is 1.43. The van der Waals surface area contributed by atoms with Crippen LogP contribution in [0.2, 0.25) is 0 Å². The number of aromatic nitrogens is 2. The Morgan fingerprint density at radius 3 is 2.14 bits per heavy atom. The fourth-order valence-corrected chi connectivity index (χ4v) is 4.54. The van der Waals surface area contributed by atoms with E-state index < -0.39 is 0 Å². The molecule has 0 unspecified atom stereocenters. The third kappa shape index (κ3) is 3.34. The van der Waals surface area contributed by atoms with Gasteiger partial charge in [0.25, 0.3) is 0 Å². The van der Waals surface area contributed by atoms with Crippen molar-refractivity contribution in [2.75, 3.05) is 26.2 Å². The van der Waals surface area contributed by atoms with Gasteiger partial charge in [-0.3, -0.25) is 18.7 Å². The third-order valence-electron chi connectivity index (χ3n) is 6.15. The minimum absolute atomic E-state index is 0.0341. The fraction of sp³-hybridized carbons (Fsp3) is 0.571. The maximum absolute atomic E-state index is 12.9. The maximum atomic E-state index is 12.9. The summed E-state index contributed by atoms with van der Waals surface area (Å²) in [6, 6.07) is 7.59. The molecule has 2 fully saturated rings. The minimum Gasteiger partial charge on any atom is -0.342 e. The number of benzene rings is 1. The van der Waals surface area contributed by atoms with Gasteiger partial charge in [0.2, 0.25) is 11.8 Å². The number of likely N-dealkylation sites (tertiary alicyclic amines) is 2. The van der Waals surface area contributed by atoms with E-state index in [9.17, 15) is 14.4 Å². The zero-order chi connectivity index (χ0) is 19.7. The normalized spacial score (nSPS) is 18.2. The highest BCUT2D eigenvalue weighted by Crippen LogP contribution is 2.22. The van der Waals surface area contributed by atoms with Gasteiger partial charge in [0, 0.05) is 38.6 Å². The Labute approximate surface area is 164 Å². The number of imidazole rings is 1. The number of nitrogens with zero attached hydrogens (tertiary/aromatic N) is 4. The molecule has 4 rings (SSSR count). The zero-order valence-electron chi connectivity index (χ0n) is 16.5. The average Bonchev–Trinajstić information content (AvgIpc) is 3.35. The zero-order valence-corrected chi connectivity index (χ0v) is 16.5. The van der Waals surface area contributed by atoms with Crippen LogP contribution in [0.15, 0.2) is 29.1 Å². The fourth-order valence-electron chi connectivity index (χ4n) is 4.54. The quantitative estimate of drug-likeness (QED) is 0.806. The second kappa shape index (κ2) is 7.81. The number of rotatable bonds is 4. The van der Waals surface area contributed by atoms with E-state index in [1.165, 1.54) is 0 Å². The first-order valence-corrected chi connectivity index (χ1v) is 10.3. The standard InChI is InChI=1S/C21H28N4O3/c1-2-24-17-7-3-4-8-18(17)25(21(24)28)15-19(26)22-13-9-16(10-14-22)20(27)23-11-5-6-12-23/h3-4,7-8,16H,2,5-6,9-15H2,1H3. The van der Waals surface area contributed by atoms with Crippen molar-refractivity contribution in [1.29, 1.82) is 0 Å². The van der Waals surface area contributed by atoms with E-state index in [4.69, 9.17) is 0 Å². The number of carbonyl (C=O) groups excluding carboxylic acids is 2. The summed E-state index contributed by atoms with van der Waals surface area (Å²) >= 11 is 0. The molecule has 7 heteroatoms. The van der Waals surface area contributed by atoms with Crippen LogP contribution in [0.25, 0.3) is 11.0 Å². The number of piperidine rings is 1. The van der Waals surface area contributed by atoms with Crippen LogP contribution in [0.5, 0.6) is 0 Å². The van der Waals surface area contributed by atoms with Crippen LogP contribution in [0, 0.1) is 5.92 Å². The van der Waals surface area contributed by atoms with Crippen molar-refractivity contribution in [3.8, 4) is 0 Å². The molecule has 0 aliphatic carbocycles. The van der Waals surface area contributed by atoms with Gasteiger partial charge in [-0.2, -0.15) is 0 Å². The lowest BCUT2D eigenvalue weighted by Crippen LogP contribution is -2.45. The van der Waals surface area contributed by atoms with Gasteiger partial charge in [0.1, 0.15) is 6.54 Å². The van der Waals surface area contributed by atoms with Gasteiger partial charge in [-0.05, 0) is 44.7 Å². The van der Waals surface area contributed by atoms with Crippen LogP contribution < -0.4 is 5.69 Å². The second-order valence-corrected chi connectivity index (χ2v) is 7.79. The molecule has 0 spiro atoms. The molecule has 2 saturated heterocycles. The number of para-hydroxylation sites is 2. The monoisotopic (exact) mass is 384 g/mol. The van der Waals surface area contributed by atoms with Crippen LogP contribution in [0.4, 0.5) is 0 Å². The third-order valence-corrected chi connectivity index (χ3v) is 6.15. The van der Waals surface area contributed by atoms with E-state index in [1.54, 1.807) is 14.0 Å². The first-order valence-electron chi connectivity index (χ1n) is 10.3. The van der Waals surface area contributed by atoms with Gasteiger partial charge in [0.05, 0.1) is 11.0 Å². The van der Waals surface area contributed by atoms with Crippen LogP contribution in [0.3, 0.4) is 0 Å². The van der Waals surface area contributed by atoms with Crippen LogP contribution >= 0.6 is 0 Å². The summed E-state index contributed by atoms with van der Waals surface area (Å²) in [7, 11) is 0. The molecule has 7 nitrogen and oxygen atoms in total. The van der Waals surface area contributed by atoms with Crippen molar-refractivity contribution < 1.29 is 9.59 Å². The van der Waals surface area contributed by atoms with Gasteiger partial charge >= 0.3 is 5.69 Å². The molecule has 2 aliphatic rings. The number of carbonyl (C=O) groups is 2. The molecule has 0 radical (unpaired) electrons. The van der Waals surface area contributed by atoms with Crippen LogP contribution in [-0.4, -0.2) is 56.9 Å². The summed E-state index contributed by atoms with van der Waals surface area (Å²) in [6.07, 6.45) is 3.63. The number of aryl methyl sites for hydroxylation is 1. The molecule has 0 bridgehead atoms. The summed E-state index contributed by atoms with van der Waals surface area (Å²) < 4.78 is 3.27. The Morgan fingerprint density at radius 2 is 1.54 bits per heavy atom. The maximum Gasteiger partial charge on any atom is 0.329 e. The first-order chi connectivity index (χ1) is 13.6. The van der Waals surface area contributed by atoms with Crippen molar-refractivity contribution >= 4 is 22.8 Å². The van der Waals surface area contributed by atoms with Crippen molar-refractivity contribution in [3.63, 3.8) is 0 Å². The summed E-state index contributed by atoms with van der Waals surface area (Å²) in [5.74, 6) is 0.242. The second-order valence-electron chi connectivity index (χ2n) is 7.79. The Bertz CT molecular complexity index is 931. The summed E-state index contributed by atoms with van der Waals surface area (Å²) in [4.78, 5) is 41.9. The Kier molecular flexibility index (Phi) is 5.24. The topological polar surface area (TPSA) is 67.5 Å². The van der Waals surface area contributed by atoms with E-state index in [0.29, 0.717) is 32.5 Å². The highest BCUT2D eigenvalue weighted by molar-refractivity contribution is 5.82. The number of fused-ring (bicyclic) bond motifs is 1. The molecule has 0 saturated carbocycles. The van der Waals surface area contributed by atoms with Crippen molar-refractivity contribution in [2.24, 2.45) is 5.92 Å². The molecule has 2 amide bonds. The molecule has 0 atom stereocenters. The average molecular weight is 384 g/mol. The lowest BCUT2D eigenvalue weighted by atomic mass is 9.95. The summed E-state index contributed by atoms with van der Waals surface area (Å²) in [5, 5.41) is 0. The number of amides is 2. The van der Waals surface area contributed by atoms with Crippen molar-refractivity contribution in [1.82, 2.24) is 18.9 Å². The molecule has 2 aliphatic heterocycles. The van der Waals surface area contributed by atoms with E-state index in [0.717, 1.165) is 37.0 Å². The highest BCUT2D eigenvalue weighted by atomic mass is 16.2. The highest BCUT2D eigenvalue weighted by Gasteiger charge is 2.31. The van der Waals surface area contributed by atoms with Crippen LogP contribution in [0.1, 0.15) is 32.6 Å². The van der Waals surface area contributed by atoms with Gasteiger partial charge in [-0.1, -0.05) is 12.1 Å². The molecular weight excluding hydrogens is 356 g/mol. The number of hydrogen-bond acceptors (Lipinski definition) is 3. The molecule has 28 heavy (non-hydrogen) atoms. The smallest absolute Gasteiger partial charge is 0.329 e. The minimum atomic E-state index is -0.142. The molecular formula is C21H28N4O3. The SMILES string of the molecule is CCn1c(=O)n(CC(=O)N2CCC(C(=O)N3CCCC3)CC2)c2ccccc21. The Hall–Kier alpha value is -2.57. The van der Waals surface area contributed by atoms with Crippen molar-refractivity contribution in [2.45, 2.75) is 45.7 Å². The molecule has 3 heterocycles. The predicted molar refractivity (Wildman–Crippen MR) is 107 cm³/mol. The molecule has 2 aromatic rings. The largest absolute Gasteiger partial charge is 0.342 e.